The first kappa shape index (κ1) is 10.2. The van der Waals surface area contributed by atoms with Gasteiger partial charge in [-0.1, -0.05) is 0 Å². The van der Waals surface area contributed by atoms with Gasteiger partial charge in [0.1, 0.15) is 0 Å². The van der Waals surface area contributed by atoms with Crippen molar-refractivity contribution in [2.45, 2.75) is 0 Å². The smallest absolute Gasteiger partial charge is 0.0975 e. The van der Waals surface area contributed by atoms with E-state index < -0.39 is 0 Å². The highest BCUT2D eigenvalue weighted by Crippen LogP contribution is 2.39. The highest BCUT2D eigenvalue weighted by Gasteiger charge is 2.11. The maximum atomic E-state index is 3.53. The standard InChI is InChI=1S/C8H3Br4N/c9-3-1-2-4-5(6(3)10)7(11)8(12)13-4/h1-2,13H. The Morgan fingerprint density at radius 3 is 2.31 bits per heavy atom. The molecule has 0 fully saturated rings. The summed E-state index contributed by atoms with van der Waals surface area (Å²) in [6, 6.07) is 4.03. The number of rotatable bonds is 0. The molecule has 2 rings (SSSR count). The van der Waals surface area contributed by atoms with E-state index in [4.69, 9.17) is 0 Å². The molecular weight excluding hydrogens is 430 g/mol. The van der Waals surface area contributed by atoms with E-state index in [1.54, 1.807) is 0 Å². The molecule has 0 saturated carbocycles. The summed E-state index contributed by atoms with van der Waals surface area (Å²) < 4.78 is 4.10. The summed E-state index contributed by atoms with van der Waals surface area (Å²) in [6.07, 6.45) is 0. The van der Waals surface area contributed by atoms with E-state index in [1.165, 1.54) is 0 Å². The Labute approximate surface area is 109 Å². The minimum absolute atomic E-state index is 0.960. The third-order valence-electron chi connectivity index (χ3n) is 1.75. The highest BCUT2D eigenvalue weighted by atomic mass is 79.9. The van der Waals surface area contributed by atoms with E-state index in [9.17, 15) is 0 Å². The Morgan fingerprint density at radius 1 is 0.923 bits per heavy atom. The van der Waals surface area contributed by atoms with Crippen LogP contribution in [0.1, 0.15) is 0 Å². The average molecular weight is 433 g/mol. The molecule has 68 valence electrons. The fraction of sp³-hybridized carbons (Fsp3) is 0. The molecule has 0 aliphatic heterocycles. The van der Waals surface area contributed by atoms with Gasteiger partial charge < -0.3 is 4.98 Å². The van der Waals surface area contributed by atoms with Crippen LogP contribution >= 0.6 is 63.7 Å². The van der Waals surface area contributed by atoms with Gasteiger partial charge in [0.2, 0.25) is 0 Å². The number of benzene rings is 1. The van der Waals surface area contributed by atoms with Crippen molar-refractivity contribution in [1.82, 2.24) is 4.98 Å². The Morgan fingerprint density at radius 2 is 1.62 bits per heavy atom. The van der Waals surface area contributed by atoms with Crippen molar-refractivity contribution < 1.29 is 0 Å². The summed E-state index contributed by atoms with van der Waals surface area (Å²) in [6.45, 7) is 0. The maximum absolute atomic E-state index is 3.53. The predicted molar refractivity (Wildman–Crippen MR) is 69.1 cm³/mol. The van der Waals surface area contributed by atoms with Gasteiger partial charge in [0.25, 0.3) is 0 Å². The monoisotopic (exact) mass is 429 g/mol. The molecule has 0 bridgehead atoms. The lowest BCUT2D eigenvalue weighted by Crippen LogP contribution is -1.72. The number of halogens is 4. The lowest BCUT2D eigenvalue weighted by Gasteiger charge is -1.97. The van der Waals surface area contributed by atoms with Crippen molar-refractivity contribution in [2.75, 3.05) is 0 Å². The summed E-state index contributed by atoms with van der Waals surface area (Å²) in [5.74, 6) is 0. The second-order valence-electron chi connectivity index (χ2n) is 2.54. The first-order valence-electron chi connectivity index (χ1n) is 3.42. The van der Waals surface area contributed by atoms with Crippen LogP contribution in [-0.4, -0.2) is 4.98 Å². The van der Waals surface area contributed by atoms with Gasteiger partial charge in [-0.15, -0.1) is 0 Å². The summed E-state index contributed by atoms with van der Waals surface area (Å²) in [4.78, 5) is 3.21. The van der Waals surface area contributed by atoms with Crippen molar-refractivity contribution in [2.24, 2.45) is 0 Å². The van der Waals surface area contributed by atoms with Crippen LogP contribution in [0, 0.1) is 0 Å². The van der Waals surface area contributed by atoms with Gasteiger partial charge in [0, 0.05) is 19.8 Å². The summed E-state index contributed by atoms with van der Waals surface area (Å²) in [5.41, 5.74) is 1.09. The number of hydrogen-bond donors (Lipinski definition) is 1. The molecular formula is C8H3Br4N. The molecule has 2 aromatic rings. The first-order chi connectivity index (χ1) is 6.11. The highest BCUT2D eigenvalue weighted by molar-refractivity contribution is 9.13. The molecule has 0 aliphatic rings. The van der Waals surface area contributed by atoms with E-state index in [1.807, 2.05) is 12.1 Å². The van der Waals surface area contributed by atoms with Crippen LogP contribution in [0.15, 0.2) is 30.2 Å². The second-order valence-corrected chi connectivity index (χ2v) is 5.77. The molecule has 0 amide bonds. The topological polar surface area (TPSA) is 15.8 Å². The number of aromatic nitrogens is 1. The maximum Gasteiger partial charge on any atom is 0.0975 e. The average Bonchev–Trinajstić information content (AvgIpc) is 2.37. The molecule has 1 heterocycles. The van der Waals surface area contributed by atoms with Crippen LogP contribution in [0.4, 0.5) is 0 Å². The van der Waals surface area contributed by atoms with Crippen LogP contribution in [0.5, 0.6) is 0 Å². The van der Waals surface area contributed by atoms with Gasteiger partial charge in [0.05, 0.1) is 9.08 Å². The van der Waals surface area contributed by atoms with E-state index in [0.29, 0.717) is 0 Å². The Hall–Kier alpha value is 0.680. The zero-order chi connectivity index (χ0) is 9.59. The van der Waals surface area contributed by atoms with Crippen LogP contribution in [0.2, 0.25) is 0 Å². The largest absolute Gasteiger partial charge is 0.348 e. The molecule has 0 atom stereocenters. The lowest BCUT2D eigenvalue weighted by molar-refractivity contribution is 1.40. The van der Waals surface area contributed by atoms with Crippen molar-refractivity contribution >= 4 is 74.6 Å². The Bertz CT molecular complexity index is 474. The van der Waals surface area contributed by atoms with Crippen molar-refractivity contribution in [1.29, 1.82) is 0 Å². The molecule has 0 saturated heterocycles. The van der Waals surface area contributed by atoms with Gasteiger partial charge in [-0.3, -0.25) is 0 Å². The van der Waals surface area contributed by atoms with Gasteiger partial charge >= 0.3 is 0 Å². The Kier molecular flexibility index (Phi) is 2.89. The molecule has 13 heavy (non-hydrogen) atoms. The number of hydrogen-bond acceptors (Lipinski definition) is 0. The molecule has 0 aliphatic carbocycles. The molecule has 0 spiro atoms. The Balaban J connectivity index is 2.97. The zero-order valence-electron chi connectivity index (χ0n) is 6.17. The minimum Gasteiger partial charge on any atom is -0.348 e. The predicted octanol–water partition coefficient (Wildman–Crippen LogP) is 5.22. The van der Waals surface area contributed by atoms with E-state index in [-0.39, 0.29) is 0 Å². The lowest BCUT2D eigenvalue weighted by atomic mass is 10.2. The second kappa shape index (κ2) is 3.68. The number of fused-ring (bicyclic) bond motifs is 1. The van der Waals surface area contributed by atoms with E-state index in [2.05, 4.69) is 68.7 Å². The molecule has 0 radical (unpaired) electrons. The van der Waals surface area contributed by atoms with Crippen molar-refractivity contribution in [3.8, 4) is 0 Å². The SMILES string of the molecule is Brc1ccc2[nH]c(Br)c(Br)c2c1Br. The third-order valence-corrected chi connectivity index (χ3v) is 5.69. The molecule has 1 N–H and O–H groups in total. The van der Waals surface area contributed by atoms with E-state index >= 15 is 0 Å². The number of aromatic amines is 1. The number of H-pyrrole nitrogens is 1. The van der Waals surface area contributed by atoms with Crippen LogP contribution in [-0.2, 0) is 0 Å². The normalized spacial score (nSPS) is 11.1. The van der Waals surface area contributed by atoms with Crippen LogP contribution < -0.4 is 0 Å². The molecule has 1 aromatic heterocycles. The van der Waals surface area contributed by atoms with Crippen LogP contribution in [0.3, 0.4) is 0 Å². The molecule has 1 aromatic carbocycles. The zero-order valence-corrected chi connectivity index (χ0v) is 12.5. The van der Waals surface area contributed by atoms with Gasteiger partial charge in [-0.25, -0.2) is 0 Å². The van der Waals surface area contributed by atoms with Gasteiger partial charge in [-0.2, -0.15) is 0 Å². The summed E-state index contributed by atoms with van der Waals surface area (Å²) in [5, 5.41) is 1.14. The van der Waals surface area contributed by atoms with Crippen LogP contribution in [0.25, 0.3) is 10.9 Å². The molecule has 1 nitrogen and oxygen atoms in total. The third kappa shape index (κ3) is 1.64. The molecule has 0 unspecified atom stereocenters. The first-order valence-corrected chi connectivity index (χ1v) is 6.59. The fourth-order valence-electron chi connectivity index (χ4n) is 1.15. The summed E-state index contributed by atoms with van der Waals surface area (Å²) >= 11 is 13.9. The molecule has 5 heteroatoms. The fourth-order valence-corrected chi connectivity index (χ4v) is 3.22. The minimum atomic E-state index is 0.960. The van der Waals surface area contributed by atoms with Gasteiger partial charge in [-0.05, 0) is 75.9 Å². The van der Waals surface area contributed by atoms with Crippen molar-refractivity contribution in [3.63, 3.8) is 0 Å². The van der Waals surface area contributed by atoms with Crippen molar-refractivity contribution in [3.05, 3.63) is 30.2 Å². The van der Waals surface area contributed by atoms with E-state index in [0.717, 1.165) is 28.9 Å². The number of nitrogens with one attached hydrogen (secondary N) is 1. The summed E-state index contributed by atoms with van der Waals surface area (Å²) in [7, 11) is 0. The quantitative estimate of drug-likeness (QED) is 0.587. The van der Waals surface area contributed by atoms with Gasteiger partial charge in [0.15, 0.2) is 0 Å².